The van der Waals surface area contributed by atoms with E-state index in [1.807, 2.05) is 26.0 Å². The van der Waals surface area contributed by atoms with Crippen LogP contribution in [0.3, 0.4) is 0 Å². The Balaban J connectivity index is 1.55. The summed E-state index contributed by atoms with van der Waals surface area (Å²) in [4.78, 5) is 12.3. The lowest BCUT2D eigenvalue weighted by Crippen LogP contribution is -2.03. The molecule has 0 atom stereocenters. The minimum absolute atomic E-state index is 0.126. The summed E-state index contributed by atoms with van der Waals surface area (Å²) in [7, 11) is 0. The zero-order chi connectivity index (χ0) is 19.4. The molecule has 0 bridgehead atoms. The third kappa shape index (κ3) is 5.48. The Kier molecular flexibility index (Phi) is 6.42. The number of carbonyl (C=O) groups is 1. The molecule has 0 N–H and O–H groups in total. The third-order valence-corrected chi connectivity index (χ3v) is 4.93. The Morgan fingerprint density at radius 2 is 1.85 bits per heavy atom. The highest BCUT2D eigenvalue weighted by atomic mass is 35.5. The second-order valence-electron chi connectivity index (χ2n) is 5.91. The topological polar surface area (TPSA) is 65.2 Å². The maximum Gasteiger partial charge on any atom is 0.277 e. The van der Waals surface area contributed by atoms with E-state index in [1.54, 1.807) is 12.1 Å². The molecule has 27 heavy (non-hydrogen) atoms. The lowest BCUT2D eigenvalue weighted by molar-refractivity contribution is 0.102. The van der Waals surface area contributed by atoms with Crippen LogP contribution in [0.2, 0.25) is 10.0 Å². The molecule has 8 heteroatoms. The number of ether oxygens (including phenoxy) is 1. The molecule has 0 radical (unpaired) electrons. The lowest BCUT2D eigenvalue weighted by Gasteiger charge is -2.05. The molecular weight excluding hydrogens is 407 g/mol. The zero-order valence-corrected chi connectivity index (χ0v) is 17.0. The van der Waals surface area contributed by atoms with Crippen LogP contribution in [0.4, 0.5) is 0 Å². The smallest absolute Gasteiger partial charge is 0.277 e. The first kappa shape index (κ1) is 19.7. The van der Waals surface area contributed by atoms with Crippen LogP contribution in [0.25, 0.3) is 0 Å². The first-order chi connectivity index (χ1) is 12.9. The number of hydrogen-bond acceptors (Lipinski definition) is 6. The Bertz CT molecular complexity index is 955. The van der Waals surface area contributed by atoms with Gasteiger partial charge in [0.1, 0.15) is 5.75 Å². The van der Waals surface area contributed by atoms with Crippen LogP contribution < -0.4 is 4.74 Å². The average molecular weight is 423 g/mol. The van der Waals surface area contributed by atoms with E-state index in [0.29, 0.717) is 26.7 Å². The monoisotopic (exact) mass is 422 g/mol. The van der Waals surface area contributed by atoms with Crippen molar-refractivity contribution in [2.75, 3.05) is 5.75 Å². The number of benzene rings is 2. The molecule has 1 heterocycles. The van der Waals surface area contributed by atoms with Gasteiger partial charge in [-0.05, 0) is 55.3 Å². The molecule has 3 rings (SSSR count). The van der Waals surface area contributed by atoms with Gasteiger partial charge in [-0.2, -0.15) is 0 Å². The Labute approximate surface area is 171 Å². The van der Waals surface area contributed by atoms with Gasteiger partial charge in [0.25, 0.3) is 11.1 Å². The molecule has 1 aromatic heterocycles. The lowest BCUT2D eigenvalue weighted by atomic mass is 10.1. The molecule has 0 unspecified atom stereocenters. The van der Waals surface area contributed by atoms with E-state index in [1.165, 1.54) is 6.07 Å². The van der Waals surface area contributed by atoms with Gasteiger partial charge in [0.2, 0.25) is 0 Å². The highest BCUT2D eigenvalue weighted by Crippen LogP contribution is 2.24. The molecule has 0 saturated heterocycles. The Morgan fingerprint density at radius 1 is 1.11 bits per heavy atom. The second kappa shape index (κ2) is 8.78. The number of nitrogens with zero attached hydrogens (tertiary/aromatic N) is 2. The fraction of sp³-hybridized carbons (Fsp3) is 0.211. The van der Waals surface area contributed by atoms with E-state index in [4.69, 9.17) is 32.4 Å². The number of rotatable bonds is 7. The molecule has 2 aromatic carbocycles. The van der Waals surface area contributed by atoms with Crippen molar-refractivity contribution in [3.63, 3.8) is 0 Å². The summed E-state index contributed by atoms with van der Waals surface area (Å²) in [6.07, 6.45) is 0. The number of hydrogen-bond donors (Lipinski definition) is 0. The fourth-order valence-electron chi connectivity index (χ4n) is 2.44. The highest BCUT2D eigenvalue weighted by Gasteiger charge is 2.14. The quantitative estimate of drug-likeness (QED) is 0.367. The Hall–Kier alpha value is -2.02. The van der Waals surface area contributed by atoms with Gasteiger partial charge in [-0.25, -0.2) is 0 Å². The summed E-state index contributed by atoms with van der Waals surface area (Å²) < 4.78 is 11.2. The van der Waals surface area contributed by atoms with Crippen molar-refractivity contribution in [2.24, 2.45) is 0 Å². The molecule has 0 fully saturated rings. The van der Waals surface area contributed by atoms with Crippen LogP contribution in [-0.2, 0) is 6.61 Å². The van der Waals surface area contributed by atoms with E-state index >= 15 is 0 Å². The molecule has 140 valence electrons. The van der Waals surface area contributed by atoms with Crippen LogP contribution in [0.1, 0.15) is 27.4 Å². The predicted molar refractivity (Wildman–Crippen MR) is 106 cm³/mol. The summed E-state index contributed by atoms with van der Waals surface area (Å²) in [5, 5.41) is 8.96. The van der Waals surface area contributed by atoms with E-state index in [0.717, 1.165) is 28.6 Å². The van der Waals surface area contributed by atoms with E-state index in [-0.39, 0.29) is 18.1 Å². The van der Waals surface area contributed by atoms with Crippen LogP contribution in [-0.4, -0.2) is 21.7 Å². The van der Waals surface area contributed by atoms with Crippen molar-refractivity contribution >= 4 is 40.7 Å². The van der Waals surface area contributed by atoms with E-state index < -0.39 is 0 Å². The number of Topliss-reactive ketones (excluding diaryl/α,β-unsaturated/α-hetero) is 1. The molecule has 5 nitrogen and oxygen atoms in total. The van der Waals surface area contributed by atoms with Crippen molar-refractivity contribution in [1.82, 2.24) is 10.2 Å². The summed E-state index contributed by atoms with van der Waals surface area (Å²) in [5.41, 5.74) is 2.64. The third-order valence-electron chi connectivity index (χ3n) is 3.56. The van der Waals surface area contributed by atoms with Gasteiger partial charge in [-0.1, -0.05) is 41.0 Å². The largest absolute Gasteiger partial charge is 0.484 e. The zero-order valence-electron chi connectivity index (χ0n) is 14.7. The first-order valence-electron chi connectivity index (χ1n) is 8.05. The number of aryl methyl sites for hydroxylation is 2. The average Bonchev–Trinajstić information content (AvgIpc) is 3.05. The number of ketones is 1. The van der Waals surface area contributed by atoms with Crippen molar-refractivity contribution in [3.05, 3.63) is 69.0 Å². The number of halogens is 2. The van der Waals surface area contributed by atoms with Crippen LogP contribution in [0, 0.1) is 13.8 Å². The molecular formula is C19H16Cl2N2O3S. The number of carbonyl (C=O) groups excluding carboxylic acids is 1. The minimum Gasteiger partial charge on any atom is -0.484 e. The molecule has 0 saturated carbocycles. The van der Waals surface area contributed by atoms with Crippen molar-refractivity contribution in [3.8, 4) is 5.75 Å². The number of thioether (sulfide) groups is 1. The fourth-order valence-corrected chi connectivity index (χ4v) is 3.61. The molecule has 0 aliphatic heterocycles. The normalized spacial score (nSPS) is 10.8. The van der Waals surface area contributed by atoms with Crippen molar-refractivity contribution < 1.29 is 13.9 Å². The Morgan fingerprint density at radius 3 is 2.56 bits per heavy atom. The minimum atomic E-state index is -0.145. The summed E-state index contributed by atoms with van der Waals surface area (Å²) >= 11 is 13.0. The van der Waals surface area contributed by atoms with Crippen molar-refractivity contribution in [2.45, 2.75) is 25.7 Å². The second-order valence-corrected chi connectivity index (χ2v) is 7.68. The van der Waals surface area contributed by atoms with Gasteiger partial charge in [-0.3, -0.25) is 4.79 Å². The van der Waals surface area contributed by atoms with Gasteiger partial charge in [-0.15, -0.1) is 10.2 Å². The summed E-state index contributed by atoms with van der Waals surface area (Å²) in [5.74, 6) is 1.06. The predicted octanol–water partition coefficient (Wildman–Crippen LogP) is 5.55. The number of aromatic nitrogens is 2. The van der Waals surface area contributed by atoms with Gasteiger partial charge in [0, 0.05) is 10.6 Å². The standard InChI is InChI=1S/C19H16Cl2N2O3S/c1-11-5-12(2)7-14(6-11)25-9-18-22-23-19(26-18)27-10-17(24)15-4-3-13(20)8-16(15)21/h3-8H,9-10H2,1-2H3. The van der Waals surface area contributed by atoms with Crippen LogP contribution in [0.15, 0.2) is 46.0 Å². The molecule has 0 amide bonds. The summed E-state index contributed by atoms with van der Waals surface area (Å²) in [6.45, 7) is 4.17. The van der Waals surface area contributed by atoms with E-state index in [2.05, 4.69) is 16.3 Å². The van der Waals surface area contributed by atoms with Crippen LogP contribution >= 0.6 is 35.0 Å². The highest BCUT2D eigenvalue weighted by molar-refractivity contribution is 7.99. The molecule has 3 aromatic rings. The molecule has 0 spiro atoms. The van der Waals surface area contributed by atoms with Gasteiger partial charge >= 0.3 is 0 Å². The summed E-state index contributed by atoms with van der Waals surface area (Å²) in [6, 6.07) is 10.7. The van der Waals surface area contributed by atoms with E-state index in [9.17, 15) is 4.79 Å². The van der Waals surface area contributed by atoms with Gasteiger partial charge in [0.15, 0.2) is 12.4 Å². The SMILES string of the molecule is Cc1cc(C)cc(OCc2nnc(SCC(=O)c3ccc(Cl)cc3Cl)o2)c1. The molecule has 0 aliphatic carbocycles. The van der Waals surface area contributed by atoms with Gasteiger partial charge in [0.05, 0.1) is 10.8 Å². The van der Waals surface area contributed by atoms with Crippen molar-refractivity contribution in [1.29, 1.82) is 0 Å². The maximum absolute atomic E-state index is 12.3. The maximum atomic E-state index is 12.3. The van der Waals surface area contributed by atoms with Gasteiger partial charge < -0.3 is 9.15 Å². The van der Waals surface area contributed by atoms with Crippen LogP contribution in [0.5, 0.6) is 5.75 Å². The first-order valence-corrected chi connectivity index (χ1v) is 9.79. The molecule has 0 aliphatic rings.